The Morgan fingerprint density at radius 3 is 2.50 bits per heavy atom. The van der Waals surface area contributed by atoms with Gasteiger partial charge >= 0.3 is 11.9 Å². The molecule has 1 aliphatic carbocycles. The van der Waals surface area contributed by atoms with Gasteiger partial charge in [0.2, 0.25) is 0 Å². The highest BCUT2D eigenvalue weighted by Crippen LogP contribution is 2.49. The molecule has 0 amide bonds. The van der Waals surface area contributed by atoms with Gasteiger partial charge in [-0.3, -0.25) is 4.79 Å². The van der Waals surface area contributed by atoms with E-state index in [1.54, 1.807) is 6.92 Å². The molecule has 118 valence electrons. The average molecular weight is 302 g/mol. The maximum absolute atomic E-state index is 11.9. The first-order valence-electron chi connectivity index (χ1n) is 7.59. The van der Waals surface area contributed by atoms with Crippen molar-refractivity contribution in [2.45, 2.75) is 44.9 Å². The number of benzene rings is 1. The van der Waals surface area contributed by atoms with E-state index in [2.05, 4.69) is 13.8 Å². The van der Waals surface area contributed by atoms with Gasteiger partial charge in [-0.05, 0) is 36.8 Å². The number of hydrogen-bond acceptors (Lipinski definition) is 3. The summed E-state index contributed by atoms with van der Waals surface area (Å²) in [6.07, 6.45) is 2.17. The number of ether oxygens (including phenoxy) is 1. The zero-order chi connectivity index (χ0) is 16.3. The highest BCUT2D eigenvalue weighted by atomic mass is 16.5. The number of carbonyl (C=O) groups excluding carboxylic acids is 1. The third kappa shape index (κ3) is 2.91. The number of hydrogen-bond donors (Lipinski definition) is 1. The SMILES string of the molecule is CCOC(=O)C=C1CC(C(=O)O)(c2ccccc2C(C)C)C1. The first-order chi connectivity index (χ1) is 10.4. The second-order valence-electron chi connectivity index (χ2n) is 6.04. The number of esters is 1. The van der Waals surface area contributed by atoms with Crippen molar-refractivity contribution in [2.75, 3.05) is 6.61 Å². The number of allylic oxidation sites excluding steroid dienone is 1. The molecular weight excluding hydrogens is 280 g/mol. The fraction of sp³-hybridized carbons (Fsp3) is 0.444. The van der Waals surface area contributed by atoms with Crippen molar-refractivity contribution in [1.29, 1.82) is 0 Å². The number of carboxylic acid groups (broad SMARTS) is 1. The second kappa shape index (κ2) is 6.34. The molecule has 4 nitrogen and oxygen atoms in total. The van der Waals surface area contributed by atoms with Gasteiger partial charge in [-0.1, -0.05) is 43.7 Å². The quantitative estimate of drug-likeness (QED) is 0.668. The Morgan fingerprint density at radius 1 is 1.32 bits per heavy atom. The molecule has 1 aromatic rings. The molecular formula is C18H22O4. The van der Waals surface area contributed by atoms with Crippen LogP contribution in [-0.2, 0) is 19.7 Å². The molecule has 0 aliphatic heterocycles. The summed E-state index contributed by atoms with van der Waals surface area (Å²) in [6, 6.07) is 7.68. The maximum Gasteiger partial charge on any atom is 0.330 e. The fourth-order valence-electron chi connectivity index (χ4n) is 3.07. The molecule has 2 rings (SSSR count). The molecule has 0 bridgehead atoms. The van der Waals surface area contributed by atoms with E-state index >= 15 is 0 Å². The van der Waals surface area contributed by atoms with E-state index in [4.69, 9.17) is 4.74 Å². The molecule has 4 heteroatoms. The monoisotopic (exact) mass is 302 g/mol. The Hall–Kier alpha value is -2.10. The molecule has 0 spiro atoms. The van der Waals surface area contributed by atoms with Crippen molar-refractivity contribution in [2.24, 2.45) is 0 Å². The Bertz CT molecular complexity index is 605. The number of carbonyl (C=O) groups is 2. The van der Waals surface area contributed by atoms with Gasteiger partial charge in [-0.25, -0.2) is 4.79 Å². The van der Waals surface area contributed by atoms with E-state index < -0.39 is 17.4 Å². The van der Waals surface area contributed by atoms with Crippen LogP contribution in [0, 0.1) is 0 Å². The Morgan fingerprint density at radius 2 is 1.95 bits per heavy atom. The molecule has 1 saturated carbocycles. The van der Waals surface area contributed by atoms with Crippen molar-refractivity contribution >= 4 is 11.9 Å². The predicted molar refractivity (Wildman–Crippen MR) is 83.8 cm³/mol. The Kier molecular flexibility index (Phi) is 4.69. The predicted octanol–water partition coefficient (Wildman–Crippen LogP) is 3.42. The molecule has 0 saturated heterocycles. The second-order valence-corrected chi connectivity index (χ2v) is 6.04. The lowest BCUT2D eigenvalue weighted by Gasteiger charge is -2.42. The van der Waals surface area contributed by atoms with Gasteiger partial charge in [0.1, 0.15) is 5.41 Å². The van der Waals surface area contributed by atoms with Crippen LogP contribution in [0.2, 0.25) is 0 Å². The van der Waals surface area contributed by atoms with E-state index in [1.807, 2.05) is 24.3 Å². The number of carboxylic acids is 1. The van der Waals surface area contributed by atoms with Crippen molar-refractivity contribution in [3.63, 3.8) is 0 Å². The molecule has 0 atom stereocenters. The maximum atomic E-state index is 11.9. The van der Waals surface area contributed by atoms with Crippen LogP contribution in [0.1, 0.15) is 50.7 Å². The zero-order valence-corrected chi connectivity index (χ0v) is 13.3. The van der Waals surface area contributed by atoms with Crippen LogP contribution in [0.15, 0.2) is 35.9 Å². The van der Waals surface area contributed by atoms with E-state index in [9.17, 15) is 14.7 Å². The smallest absolute Gasteiger partial charge is 0.330 e. The molecule has 1 fully saturated rings. The van der Waals surface area contributed by atoms with Crippen LogP contribution < -0.4 is 0 Å². The van der Waals surface area contributed by atoms with Crippen molar-refractivity contribution in [3.8, 4) is 0 Å². The summed E-state index contributed by atoms with van der Waals surface area (Å²) in [5, 5.41) is 9.76. The minimum atomic E-state index is -0.917. The summed E-state index contributed by atoms with van der Waals surface area (Å²) in [5.41, 5.74) is 1.83. The highest BCUT2D eigenvalue weighted by Gasteiger charge is 2.50. The van der Waals surface area contributed by atoms with Crippen molar-refractivity contribution in [3.05, 3.63) is 47.0 Å². The standard InChI is InChI=1S/C18H22O4/c1-4-22-16(19)9-13-10-18(11-13,17(20)21)15-8-6-5-7-14(15)12(2)3/h5-9,12H,4,10-11H2,1-3H3,(H,20,21). The topological polar surface area (TPSA) is 63.6 Å². The van der Waals surface area contributed by atoms with E-state index in [-0.39, 0.29) is 5.92 Å². The lowest BCUT2D eigenvalue weighted by molar-refractivity contribution is -0.146. The molecule has 1 N–H and O–H groups in total. The molecule has 1 aromatic carbocycles. The summed E-state index contributed by atoms with van der Waals surface area (Å²) in [7, 11) is 0. The lowest BCUT2D eigenvalue weighted by Crippen LogP contribution is -2.45. The molecule has 0 radical (unpaired) electrons. The van der Waals surface area contributed by atoms with Gasteiger partial charge in [-0.2, -0.15) is 0 Å². The van der Waals surface area contributed by atoms with Gasteiger partial charge in [-0.15, -0.1) is 0 Å². The third-order valence-electron chi connectivity index (χ3n) is 4.17. The van der Waals surface area contributed by atoms with Gasteiger partial charge in [0, 0.05) is 6.08 Å². The van der Waals surface area contributed by atoms with Crippen LogP contribution >= 0.6 is 0 Å². The minimum absolute atomic E-state index is 0.255. The van der Waals surface area contributed by atoms with Gasteiger partial charge in [0.15, 0.2) is 0 Å². The summed E-state index contributed by atoms with van der Waals surface area (Å²) >= 11 is 0. The molecule has 1 aliphatic rings. The van der Waals surface area contributed by atoms with E-state index in [1.165, 1.54) is 6.08 Å². The van der Waals surface area contributed by atoms with Crippen LogP contribution in [0.3, 0.4) is 0 Å². The summed E-state index contributed by atoms with van der Waals surface area (Å²) < 4.78 is 4.88. The van der Waals surface area contributed by atoms with Gasteiger partial charge in [0.25, 0.3) is 0 Å². The molecule has 0 unspecified atom stereocenters. The lowest BCUT2D eigenvalue weighted by atomic mass is 9.60. The Balaban J connectivity index is 2.32. The normalized spacial score (nSPS) is 20.5. The molecule has 0 aromatic heterocycles. The minimum Gasteiger partial charge on any atom is -0.481 e. The number of rotatable bonds is 5. The van der Waals surface area contributed by atoms with Crippen LogP contribution in [-0.4, -0.2) is 23.7 Å². The summed E-state index contributed by atoms with van der Waals surface area (Å²) in [5.74, 6) is -0.972. The molecule has 0 heterocycles. The van der Waals surface area contributed by atoms with Crippen molar-refractivity contribution in [1.82, 2.24) is 0 Å². The Labute approximate surface area is 130 Å². The average Bonchev–Trinajstić information content (AvgIpc) is 2.42. The van der Waals surface area contributed by atoms with Crippen LogP contribution in [0.5, 0.6) is 0 Å². The first-order valence-corrected chi connectivity index (χ1v) is 7.59. The summed E-state index contributed by atoms with van der Waals surface area (Å²) in [4.78, 5) is 23.4. The third-order valence-corrected chi connectivity index (χ3v) is 4.17. The van der Waals surface area contributed by atoms with Gasteiger partial charge in [0.05, 0.1) is 6.61 Å². The largest absolute Gasteiger partial charge is 0.481 e. The van der Waals surface area contributed by atoms with E-state index in [0.717, 1.165) is 16.7 Å². The van der Waals surface area contributed by atoms with Crippen LogP contribution in [0.25, 0.3) is 0 Å². The van der Waals surface area contributed by atoms with Gasteiger partial charge < -0.3 is 9.84 Å². The highest BCUT2D eigenvalue weighted by molar-refractivity contribution is 5.88. The van der Waals surface area contributed by atoms with Crippen LogP contribution in [0.4, 0.5) is 0 Å². The number of aliphatic carboxylic acids is 1. The first kappa shape index (κ1) is 16.3. The molecule has 22 heavy (non-hydrogen) atoms. The van der Waals surface area contributed by atoms with Crippen molar-refractivity contribution < 1.29 is 19.4 Å². The van der Waals surface area contributed by atoms with E-state index in [0.29, 0.717) is 19.4 Å². The fourth-order valence-corrected chi connectivity index (χ4v) is 3.07. The zero-order valence-electron chi connectivity index (χ0n) is 13.3. The summed E-state index contributed by atoms with van der Waals surface area (Å²) in [6.45, 7) is 6.19.